The molecule has 7 nitrogen and oxygen atoms in total. The van der Waals surface area contributed by atoms with Crippen molar-refractivity contribution in [2.24, 2.45) is 7.05 Å². The normalized spacial score (nSPS) is 10.8. The number of ether oxygens (including phenoxy) is 2. The third kappa shape index (κ3) is 4.95. The van der Waals surface area contributed by atoms with Crippen LogP contribution in [0.3, 0.4) is 0 Å². The molecule has 3 rings (SSSR count). The third-order valence-corrected chi connectivity index (χ3v) is 4.95. The van der Waals surface area contributed by atoms with Crippen molar-refractivity contribution in [1.29, 1.82) is 0 Å². The molecular weight excluding hydrogens is 411 g/mol. The minimum atomic E-state index is -0.672. The van der Waals surface area contributed by atoms with Crippen LogP contribution in [-0.2, 0) is 7.05 Å². The van der Waals surface area contributed by atoms with Gasteiger partial charge < -0.3 is 14.4 Å². The van der Waals surface area contributed by atoms with E-state index in [9.17, 15) is 9.18 Å². The van der Waals surface area contributed by atoms with E-state index >= 15 is 0 Å². The van der Waals surface area contributed by atoms with Gasteiger partial charge in [0.2, 0.25) is 5.69 Å². The lowest BCUT2D eigenvalue weighted by atomic mass is 10.00. The SMILES string of the molecule is [C-]#[N+]c1ccc(-c2nc(OCCCN(C)C)n(C)c(=O)c2-c2ccc(OC)cc2)cc1F. The monoisotopic (exact) mass is 436 g/mol. The molecule has 1 heterocycles. The fourth-order valence-electron chi connectivity index (χ4n) is 3.23. The zero-order chi connectivity index (χ0) is 23.3. The van der Waals surface area contributed by atoms with Crippen molar-refractivity contribution in [2.45, 2.75) is 6.42 Å². The summed E-state index contributed by atoms with van der Waals surface area (Å²) in [5, 5.41) is 0. The molecule has 0 unspecified atom stereocenters. The first kappa shape index (κ1) is 23.0. The zero-order valence-electron chi connectivity index (χ0n) is 18.6. The maximum atomic E-state index is 14.4. The first-order chi connectivity index (χ1) is 15.3. The van der Waals surface area contributed by atoms with Crippen LogP contribution in [0.25, 0.3) is 27.2 Å². The number of benzene rings is 2. The highest BCUT2D eigenvalue weighted by Gasteiger charge is 2.20. The largest absolute Gasteiger partial charge is 0.497 e. The Morgan fingerprint density at radius 3 is 2.44 bits per heavy atom. The molecule has 0 amide bonds. The lowest BCUT2D eigenvalue weighted by Gasteiger charge is -2.16. The molecule has 0 N–H and O–H groups in total. The number of aromatic nitrogens is 2. The fraction of sp³-hybridized carbons (Fsp3) is 0.292. The summed E-state index contributed by atoms with van der Waals surface area (Å²) in [7, 11) is 7.09. The molecule has 0 aliphatic carbocycles. The van der Waals surface area contributed by atoms with Crippen LogP contribution in [0.15, 0.2) is 47.3 Å². The summed E-state index contributed by atoms with van der Waals surface area (Å²) in [6, 6.07) is 11.3. The molecule has 8 heteroatoms. The predicted octanol–water partition coefficient (Wildman–Crippen LogP) is 4.14. The highest BCUT2D eigenvalue weighted by molar-refractivity contribution is 5.81. The van der Waals surface area contributed by atoms with E-state index < -0.39 is 5.82 Å². The molecular formula is C24H25FN4O3. The lowest BCUT2D eigenvalue weighted by Crippen LogP contribution is -2.24. The minimum Gasteiger partial charge on any atom is -0.497 e. The van der Waals surface area contributed by atoms with Crippen molar-refractivity contribution < 1.29 is 13.9 Å². The van der Waals surface area contributed by atoms with Gasteiger partial charge in [-0.25, -0.2) is 9.24 Å². The van der Waals surface area contributed by atoms with Gasteiger partial charge in [-0.05, 0) is 44.3 Å². The standard InChI is InChI=1S/C24H25FN4O3/c1-26-20-12-9-17(15-19(20)25)22-21(16-7-10-18(31-5)11-8-16)23(30)29(4)24(27-22)32-14-6-13-28(2)3/h7-12,15H,6,13-14H2,2-5H3. The molecule has 0 saturated heterocycles. The quantitative estimate of drug-likeness (QED) is 0.392. The van der Waals surface area contributed by atoms with E-state index in [1.54, 1.807) is 44.5 Å². The lowest BCUT2D eigenvalue weighted by molar-refractivity contribution is 0.253. The molecule has 2 aromatic carbocycles. The topological polar surface area (TPSA) is 61.0 Å². The van der Waals surface area contributed by atoms with Crippen LogP contribution in [0.1, 0.15) is 6.42 Å². The molecule has 166 valence electrons. The summed E-state index contributed by atoms with van der Waals surface area (Å²) < 4.78 is 26.7. The Hall–Kier alpha value is -3.70. The number of methoxy groups -OCH3 is 1. The Balaban J connectivity index is 2.14. The van der Waals surface area contributed by atoms with Gasteiger partial charge in [0.25, 0.3) is 11.6 Å². The maximum Gasteiger partial charge on any atom is 0.299 e. The second-order valence-corrected chi connectivity index (χ2v) is 7.49. The van der Waals surface area contributed by atoms with Crippen molar-refractivity contribution in [1.82, 2.24) is 14.5 Å². The Morgan fingerprint density at radius 1 is 1.16 bits per heavy atom. The molecule has 0 bridgehead atoms. The summed E-state index contributed by atoms with van der Waals surface area (Å²) in [5.41, 5.74) is 1.18. The summed E-state index contributed by atoms with van der Waals surface area (Å²) in [5.74, 6) is -0.0255. The molecule has 0 saturated carbocycles. The van der Waals surface area contributed by atoms with Gasteiger partial charge in [0.05, 0.1) is 31.5 Å². The highest BCUT2D eigenvalue weighted by Crippen LogP contribution is 2.32. The highest BCUT2D eigenvalue weighted by atomic mass is 19.1. The number of hydrogen-bond donors (Lipinski definition) is 0. The van der Waals surface area contributed by atoms with E-state index in [-0.39, 0.29) is 23.0 Å². The first-order valence-corrected chi connectivity index (χ1v) is 10.1. The van der Waals surface area contributed by atoms with Gasteiger partial charge in [0.15, 0.2) is 0 Å². The van der Waals surface area contributed by atoms with Gasteiger partial charge in [-0.15, -0.1) is 0 Å². The molecule has 0 atom stereocenters. The van der Waals surface area contributed by atoms with Crippen molar-refractivity contribution in [3.63, 3.8) is 0 Å². The van der Waals surface area contributed by atoms with E-state index in [1.807, 2.05) is 19.0 Å². The minimum absolute atomic E-state index is 0.0938. The van der Waals surface area contributed by atoms with E-state index in [1.165, 1.54) is 16.7 Å². The Kier molecular flexibility index (Phi) is 7.23. The molecule has 1 aromatic heterocycles. The predicted molar refractivity (Wildman–Crippen MR) is 122 cm³/mol. The maximum absolute atomic E-state index is 14.4. The van der Waals surface area contributed by atoms with Gasteiger partial charge in [-0.3, -0.25) is 9.36 Å². The molecule has 0 radical (unpaired) electrons. The summed E-state index contributed by atoms with van der Waals surface area (Å²) in [6.45, 7) is 8.28. The molecule has 0 spiro atoms. The number of hydrogen-bond acceptors (Lipinski definition) is 5. The number of nitrogens with zero attached hydrogens (tertiary/aromatic N) is 4. The smallest absolute Gasteiger partial charge is 0.299 e. The average Bonchev–Trinajstić information content (AvgIpc) is 2.79. The van der Waals surface area contributed by atoms with Crippen LogP contribution in [0.4, 0.5) is 10.1 Å². The van der Waals surface area contributed by atoms with Gasteiger partial charge in [-0.2, -0.15) is 4.98 Å². The second-order valence-electron chi connectivity index (χ2n) is 7.49. The Labute approximate surface area is 186 Å². The first-order valence-electron chi connectivity index (χ1n) is 10.1. The van der Waals surface area contributed by atoms with Crippen molar-refractivity contribution >= 4 is 5.69 Å². The van der Waals surface area contributed by atoms with Crippen molar-refractivity contribution in [2.75, 3.05) is 34.4 Å². The molecule has 0 fully saturated rings. The number of halogens is 1. The van der Waals surface area contributed by atoms with Gasteiger partial charge in [0.1, 0.15) is 11.6 Å². The van der Waals surface area contributed by atoms with E-state index in [0.29, 0.717) is 29.0 Å². The fourth-order valence-corrected chi connectivity index (χ4v) is 3.23. The van der Waals surface area contributed by atoms with Crippen LogP contribution in [0.2, 0.25) is 0 Å². The molecule has 3 aromatic rings. The Bertz CT molecular complexity index is 1200. The van der Waals surface area contributed by atoms with Gasteiger partial charge >= 0.3 is 0 Å². The Morgan fingerprint density at radius 2 is 1.84 bits per heavy atom. The van der Waals surface area contributed by atoms with Crippen molar-refractivity contribution in [3.05, 3.63) is 70.1 Å². The molecule has 32 heavy (non-hydrogen) atoms. The van der Waals surface area contributed by atoms with Crippen LogP contribution < -0.4 is 15.0 Å². The van der Waals surface area contributed by atoms with Crippen LogP contribution in [-0.4, -0.2) is 48.8 Å². The second kappa shape index (κ2) is 10.1. The molecule has 0 aliphatic rings. The van der Waals surface area contributed by atoms with Crippen LogP contribution in [0.5, 0.6) is 11.8 Å². The van der Waals surface area contributed by atoms with E-state index in [0.717, 1.165) is 13.0 Å². The third-order valence-electron chi connectivity index (χ3n) is 4.95. The number of rotatable bonds is 8. The zero-order valence-corrected chi connectivity index (χ0v) is 18.6. The van der Waals surface area contributed by atoms with Crippen LogP contribution in [0, 0.1) is 12.4 Å². The summed E-state index contributed by atoms with van der Waals surface area (Å²) in [4.78, 5) is 23.1. The van der Waals surface area contributed by atoms with Crippen molar-refractivity contribution in [3.8, 4) is 34.1 Å². The van der Waals surface area contributed by atoms with E-state index in [2.05, 4.69) is 9.83 Å². The van der Waals surface area contributed by atoms with Gasteiger partial charge in [-0.1, -0.05) is 24.3 Å². The molecule has 0 aliphatic heterocycles. The average molecular weight is 436 g/mol. The summed E-state index contributed by atoms with van der Waals surface area (Å²) in [6.07, 6.45) is 0.757. The summed E-state index contributed by atoms with van der Waals surface area (Å²) >= 11 is 0. The van der Waals surface area contributed by atoms with E-state index in [4.69, 9.17) is 16.0 Å². The van der Waals surface area contributed by atoms with Crippen LogP contribution >= 0.6 is 0 Å². The van der Waals surface area contributed by atoms with Gasteiger partial charge in [0, 0.05) is 19.2 Å².